The van der Waals surface area contributed by atoms with Gasteiger partial charge in [0.15, 0.2) is 0 Å². The molecule has 3 rings (SSSR count). The van der Waals surface area contributed by atoms with Crippen LogP contribution in [-0.4, -0.2) is 19.2 Å². The van der Waals surface area contributed by atoms with Crippen molar-refractivity contribution in [1.82, 2.24) is 0 Å². The highest BCUT2D eigenvalue weighted by molar-refractivity contribution is 5.95. The number of allylic oxidation sites excluding steroid dienone is 1. The van der Waals surface area contributed by atoms with Crippen LogP contribution in [-0.2, 0) is 27.8 Å². The number of esters is 1. The second-order valence-electron chi connectivity index (χ2n) is 9.27. The molecule has 33 heavy (non-hydrogen) atoms. The van der Waals surface area contributed by atoms with Gasteiger partial charge in [0.25, 0.3) is 0 Å². The van der Waals surface area contributed by atoms with Crippen LogP contribution in [0.1, 0.15) is 64.9 Å². The normalized spacial score (nSPS) is 11.9. The van der Waals surface area contributed by atoms with Crippen molar-refractivity contribution >= 4 is 16.9 Å². The van der Waals surface area contributed by atoms with Gasteiger partial charge in [-0.1, -0.05) is 65.0 Å². The van der Waals surface area contributed by atoms with Gasteiger partial charge >= 0.3 is 5.97 Å². The Kier molecular flexibility index (Phi) is 8.01. The lowest BCUT2D eigenvalue weighted by Crippen LogP contribution is -2.15. The van der Waals surface area contributed by atoms with Gasteiger partial charge in [0.1, 0.15) is 17.1 Å². The van der Waals surface area contributed by atoms with Crippen molar-refractivity contribution in [3.8, 4) is 16.9 Å². The number of rotatable bonds is 9. The number of fused-ring (bicyclic) bond motifs is 1. The number of furan rings is 1. The molecule has 0 spiro atoms. The summed E-state index contributed by atoms with van der Waals surface area (Å²) in [5, 5.41) is 1.03. The van der Waals surface area contributed by atoms with E-state index < -0.39 is 0 Å². The van der Waals surface area contributed by atoms with E-state index >= 15 is 0 Å². The van der Waals surface area contributed by atoms with Crippen LogP contribution >= 0.6 is 0 Å². The number of hydrogen-bond acceptors (Lipinski definition) is 4. The molecule has 0 aliphatic rings. The Bertz CT molecular complexity index is 1130. The predicted octanol–water partition coefficient (Wildman–Crippen LogP) is 7.41. The quantitative estimate of drug-likeness (QED) is 0.253. The Balaban J connectivity index is 2.11. The van der Waals surface area contributed by atoms with Gasteiger partial charge < -0.3 is 13.9 Å². The smallest absolute Gasteiger partial charge is 0.330 e. The molecule has 0 unspecified atom stereocenters. The highest BCUT2D eigenvalue weighted by Crippen LogP contribution is 2.43. The van der Waals surface area contributed by atoms with Crippen LogP contribution in [0.25, 0.3) is 22.1 Å². The molecule has 0 atom stereocenters. The van der Waals surface area contributed by atoms with Crippen molar-refractivity contribution < 1.29 is 18.7 Å². The van der Waals surface area contributed by atoms with Crippen LogP contribution < -0.4 is 4.74 Å². The predicted molar refractivity (Wildman–Crippen MR) is 135 cm³/mol. The van der Waals surface area contributed by atoms with Crippen molar-refractivity contribution in [2.24, 2.45) is 0 Å². The van der Waals surface area contributed by atoms with Gasteiger partial charge in [0.05, 0.1) is 13.2 Å². The maximum absolute atomic E-state index is 11.6. The molecule has 176 valence electrons. The van der Waals surface area contributed by atoms with Crippen molar-refractivity contribution in [3.05, 3.63) is 65.4 Å². The number of hydrogen-bond donors (Lipinski definition) is 0. The maximum Gasteiger partial charge on any atom is 0.330 e. The Hall–Kier alpha value is -3.01. The zero-order valence-corrected chi connectivity index (χ0v) is 20.8. The van der Waals surface area contributed by atoms with Crippen molar-refractivity contribution in [2.75, 3.05) is 13.2 Å². The number of carbonyl (C=O) groups excluding carboxylic acids is 1. The molecule has 4 heteroatoms. The Morgan fingerprint density at radius 3 is 2.52 bits per heavy atom. The molecule has 0 aliphatic carbocycles. The minimum Gasteiger partial charge on any atom is -0.493 e. The van der Waals surface area contributed by atoms with Crippen molar-refractivity contribution in [2.45, 2.75) is 66.2 Å². The lowest BCUT2D eigenvalue weighted by Gasteiger charge is -2.26. The molecule has 2 aromatic carbocycles. The van der Waals surface area contributed by atoms with Gasteiger partial charge in [-0.2, -0.15) is 0 Å². The van der Waals surface area contributed by atoms with Crippen molar-refractivity contribution in [1.29, 1.82) is 0 Å². The summed E-state index contributed by atoms with van der Waals surface area (Å²) in [4.78, 5) is 11.6. The number of carbonyl (C=O) groups is 1. The molecule has 0 fully saturated rings. The summed E-state index contributed by atoms with van der Waals surface area (Å²) in [6.07, 6.45) is 5.65. The van der Waals surface area contributed by atoms with Crippen LogP contribution in [0.3, 0.4) is 0 Å². The van der Waals surface area contributed by atoms with Gasteiger partial charge in [0, 0.05) is 34.6 Å². The number of benzene rings is 2. The van der Waals surface area contributed by atoms with Crippen molar-refractivity contribution in [3.63, 3.8) is 0 Å². The molecule has 0 radical (unpaired) electrons. The summed E-state index contributed by atoms with van der Waals surface area (Å²) in [6.45, 7) is 13.8. The Labute approximate surface area is 197 Å². The zero-order valence-electron chi connectivity index (χ0n) is 20.8. The fourth-order valence-corrected chi connectivity index (χ4v) is 3.90. The highest BCUT2D eigenvalue weighted by atomic mass is 16.5. The van der Waals surface area contributed by atoms with E-state index in [2.05, 4.69) is 65.0 Å². The van der Waals surface area contributed by atoms with Crippen LogP contribution in [0.5, 0.6) is 5.75 Å². The summed E-state index contributed by atoms with van der Waals surface area (Å²) in [5.41, 5.74) is 5.38. The van der Waals surface area contributed by atoms with Gasteiger partial charge in [-0.25, -0.2) is 4.79 Å². The Morgan fingerprint density at radius 2 is 1.85 bits per heavy atom. The van der Waals surface area contributed by atoms with Crippen LogP contribution in [0.15, 0.2) is 53.0 Å². The summed E-state index contributed by atoms with van der Waals surface area (Å²) < 4.78 is 17.6. The highest BCUT2D eigenvalue weighted by Gasteiger charge is 2.24. The average Bonchev–Trinajstić information content (AvgIpc) is 3.19. The second-order valence-corrected chi connectivity index (χ2v) is 9.27. The van der Waals surface area contributed by atoms with E-state index in [0.29, 0.717) is 19.6 Å². The van der Waals surface area contributed by atoms with E-state index in [4.69, 9.17) is 13.9 Å². The molecule has 0 amide bonds. The summed E-state index contributed by atoms with van der Waals surface area (Å²) in [7, 11) is 0. The van der Waals surface area contributed by atoms with Crippen LogP contribution in [0.4, 0.5) is 0 Å². The fourth-order valence-electron chi connectivity index (χ4n) is 3.90. The van der Waals surface area contributed by atoms with E-state index in [9.17, 15) is 4.79 Å². The topological polar surface area (TPSA) is 48.7 Å². The molecule has 0 bridgehead atoms. The third-order valence-corrected chi connectivity index (χ3v) is 5.56. The van der Waals surface area contributed by atoms with E-state index in [1.165, 1.54) is 17.2 Å². The first-order valence-corrected chi connectivity index (χ1v) is 11.9. The molecule has 1 heterocycles. The lowest BCUT2D eigenvalue weighted by atomic mass is 9.82. The minimum absolute atomic E-state index is 0.0525. The molecule has 0 saturated heterocycles. The zero-order chi connectivity index (χ0) is 24.0. The van der Waals surface area contributed by atoms with Gasteiger partial charge in [-0.15, -0.1) is 0 Å². The number of ether oxygens (including phenoxy) is 2. The summed E-state index contributed by atoms with van der Waals surface area (Å²) in [5.74, 6) is 1.41. The molecule has 0 saturated carbocycles. The molecular weight excluding hydrogens is 412 g/mol. The average molecular weight is 449 g/mol. The second kappa shape index (κ2) is 10.7. The number of para-hydroxylation sites is 1. The largest absolute Gasteiger partial charge is 0.493 e. The van der Waals surface area contributed by atoms with E-state index in [1.54, 1.807) is 13.0 Å². The molecule has 1 aromatic heterocycles. The molecule has 3 aromatic rings. The van der Waals surface area contributed by atoms with Gasteiger partial charge in [-0.3, -0.25) is 0 Å². The van der Waals surface area contributed by atoms with Crippen LogP contribution in [0, 0.1) is 0 Å². The van der Waals surface area contributed by atoms with E-state index in [1.807, 2.05) is 6.07 Å². The first-order valence-electron chi connectivity index (χ1n) is 11.9. The standard InChI is InChI=1S/C29H36O4/c1-7-16-32-28-24(17-20(8-2)18-25(28)29(4,5)6)23-14-10-12-21-19-22(33-27(21)23)13-11-15-26(30)31-9-3/h10-12,14-15,17-19H,7-9,13,16H2,1-6H3. The Morgan fingerprint density at radius 1 is 1.06 bits per heavy atom. The van der Waals surface area contributed by atoms with Gasteiger partial charge in [0.2, 0.25) is 0 Å². The first kappa shape index (κ1) is 24.6. The minimum atomic E-state index is -0.335. The van der Waals surface area contributed by atoms with Gasteiger partial charge in [-0.05, 0) is 42.9 Å². The summed E-state index contributed by atoms with van der Waals surface area (Å²) >= 11 is 0. The SMILES string of the molecule is CCCOc1c(-c2cccc3cc(CC=CC(=O)OCC)oc23)cc(CC)cc1C(C)(C)C. The molecular formula is C29H36O4. The van der Waals surface area contributed by atoms with E-state index in [-0.39, 0.29) is 11.4 Å². The molecule has 0 aliphatic heterocycles. The lowest BCUT2D eigenvalue weighted by molar-refractivity contribution is -0.137. The third-order valence-electron chi connectivity index (χ3n) is 5.56. The molecule has 4 nitrogen and oxygen atoms in total. The first-order chi connectivity index (χ1) is 15.8. The fraction of sp³-hybridized carbons (Fsp3) is 0.414. The third kappa shape index (κ3) is 5.87. The summed E-state index contributed by atoms with van der Waals surface area (Å²) in [6, 6.07) is 12.8. The van der Waals surface area contributed by atoms with Crippen LogP contribution in [0.2, 0.25) is 0 Å². The monoisotopic (exact) mass is 448 g/mol. The maximum atomic E-state index is 11.6. The molecule has 0 N–H and O–H groups in total. The number of aryl methyl sites for hydroxylation is 1. The van der Waals surface area contributed by atoms with E-state index in [0.717, 1.165) is 46.4 Å².